The van der Waals surface area contributed by atoms with Crippen molar-refractivity contribution in [2.24, 2.45) is 0 Å². The zero-order chi connectivity index (χ0) is 29.1. The highest BCUT2D eigenvalue weighted by molar-refractivity contribution is 6.12. The van der Waals surface area contributed by atoms with Crippen molar-refractivity contribution in [3.05, 3.63) is 95.6 Å². The predicted molar refractivity (Wildman–Crippen MR) is 163 cm³/mol. The number of methoxy groups -OCH3 is 1. The smallest absolute Gasteiger partial charge is 0.257 e. The van der Waals surface area contributed by atoms with Gasteiger partial charge in [0.1, 0.15) is 11.8 Å². The second-order valence-corrected chi connectivity index (χ2v) is 10.1. The number of nitriles is 1. The summed E-state index contributed by atoms with van der Waals surface area (Å²) >= 11 is 0. The Kier molecular flexibility index (Phi) is 7.45. The van der Waals surface area contributed by atoms with Crippen LogP contribution in [-0.4, -0.2) is 45.2 Å². The van der Waals surface area contributed by atoms with Crippen molar-refractivity contribution in [3.63, 3.8) is 0 Å². The van der Waals surface area contributed by atoms with Crippen LogP contribution in [-0.2, 0) is 16.0 Å². The van der Waals surface area contributed by atoms with E-state index in [-0.39, 0.29) is 18.2 Å². The van der Waals surface area contributed by atoms with Gasteiger partial charge in [-0.25, -0.2) is 0 Å². The molecule has 0 aliphatic carbocycles. The van der Waals surface area contributed by atoms with E-state index in [2.05, 4.69) is 26.9 Å². The Bertz CT molecular complexity index is 1710. The number of hydrogen-bond donors (Lipinski definition) is 3. The summed E-state index contributed by atoms with van der Waals surface area (Å²) in [7, 11) is 1.53. The Labute approximate surface area is 243 Å². The van der Waals surface area contributed by atoms with E-state index in [4.69, 9.17) is 9.47 Å². The van der Waals surface area contributed by atoms with Crippen LogP contribution in [0.15, 0.2) is 78.9 Å². The fourth-order valence-corrected chi connectivity index (χ4v) is 5.20. The van der Waals surface area contributed by atoms with Crippen LogP contribution in [0.1, 0.15) is 21.5 Å². The fraction of sp³-hybridized carbons (Fsp3) is 0.182. The number of hydrogen-bond acceptors (Lipinski definition) is 7. The Morgan fingerprint density at radius 2 is 1.69 bits per heavy atom. The molecule has 4 aromatic rings. The number of morpholine rings is 1. The lowest BCUT2D eigenvalue weighted by Gasteiger charge is -2.28. The van der Waals surface area contributed by atoms with Crippen LogP contribution in [0.4, 0.5) is 28.4 Å². The van der Waals surface area contributed by atoms with E-state index >= 15 is 0 Å². The molecule has 1 saturated heterocycles. The van der Waals surface area contributed by atoms with Crippen LogP contribution in [0, 0.1) is 11.3 Å². The molecule has 2 heterocycles. The summed E-state index contributed by atoms with van der Waals surface area (Å²) in [5.41, 5.74) is 7.25. The average molecular weight is 560 g/mol. The van der Waals surface area contributed by atoms with Crippen molar-refractivity contribution in [3.8, 4) is 22.9 Å². The van der Waals surface area contributed by atoms with Gasteiger partial charge < -0.3 is 30.3 Å². The highest BCUT2D eigenvalue weighted by atomic mass is 16.5. The summed E-state index contributed by atoms with van der Waals surface area (Å²) in [4.78, 5) is 28.2. The molecule has 210 valence electrons. The molecule has 2 amide bonds. The first-order valence-electron chi connectivity index (χ1n) is 13.7. The van der Waals surface area contributed by atoms with Crippen molar-refractivity contribution in [2.75, 3.05) is 54.3 Å². The Hall–Kier alpha value is -5.33. The molecule has 0 unspecified atom stereocenters. The lowest BCUT2D eigenvalue weighted by atomic mass is 10.0. The third-order valence-corrected chi connectivity index (χ3v) is 7.41. The van der Waals surface area contributed by atoms with Gasteiger partial charge in [0, 0.05) is 24.5 Å². The van der Waals surface area contributed by atoms with E-state index < -0.39 is 0 Å². The van der Waals surface area contributed by atoms with Gasteiger partial charge in [0.05, 0.1) is 54.9 Å². The van der Waals surface area contributed by atoms with E-state index in [1.54, 1.807) is 18.2 Å². The van der Waals surface area contributed by atoms with Gasteiger partial charge in [-0.05, 0) is 77.4 Å². The highest BCUT2D eigenvalue weighted by Gasteiger charge is 2.21. The van der Waals surface area contributed by atoms with Gasteiger partial charge in [0.2, 0.25) is 5.91 Å². The number of benzene rings is 4. The molecule has 0 spiro atoms. The molecule has 0 aromatic heterocycles. The summed E-state index contributed by atoms with van der Waals surface area (Å²) < 4.78 is 10.8. The third kappa shape index (κ3) is 5.61. The maximum absolute atomic E-state index is 13.1. The number of carbonyl (C=O) groups excluding carboxylic acids is 2. The summed E-state index contributed by atoms with van der Waals surface area (Å²) in [5, 5.41) is 18.6. The zero-order valence-electron chi connectivity index (χ0n) is 23.1. The number of carbonyl (C=O) groups is 2. The predicted octanol–water partition coefficient (Wildman–Crippen LogP) is 5.56. The molecule has 3 N–H and O–H groups in total. The molecule has 9 nitrogen and oxygen atoms in total. The first-order chi connectivity index (χ1) is 20.5. The Morgan fingerprint density at radius 3 is 2.45 bits per heavy atom. The van der Waals surface area contributed by atoms with E-state index in [0.717, 1.165) is 60.1 Å². The maximum atomic E-state index is 13.1. The number of rotatable bonds is 6. The van der Waals surface area contributed by atoms with Gasteiger partial charge in [-0.15, -0.1) is 0 Å². The molecule has 0 atom stereocenters. The summed E-state index contributed by atoms with van der Waals surface area (Å²) in [6, 6.07) is 26.4. The molecular formula is C33H29N5O4. The highest BCUT2D eigenvalue weighted by Crippen LogP contribution is 2.36. The topological polar surface area (TPSA) is 116 Å². The van der Waals surface area contributed by atoms with Crippen molar-refractivity contribution in [1.29, 1.82) is 5.26 Å². The first kappa shape index (κ1) is 26.9. The van der Waals surface area contributed by atoms with Gasteiger partial charge in [-0.1, -0.05) is 18.2 Å². The van der Waals surface area contributed by atoms with Gasteiger partial charge in [0.25, 0.3) is 5.91 Å². The largest absolute Gasteiger partial charge is 0.495 e. The van der Waals surface area contributed by atoms with Crippen molar-refractivity contribution < 1.29 is 19.1 Å². The molecule has 0 saturated carbocycles. The molecule has 1 fully saturated rings. The van der Waals surface area contributed by atoms with Gasteiger partial charge in [-0.3, -0.25) is 9.59 Å². The Morgan fingerprint density at radius 1 is 0.929 bits per heavy atom. The number of nitrogens with zero attached hydrogens (tertiary/aromatic N) is 2. The molecule has 0 bridgehead atoms. The van der Waals surface area contributed by atoms with Crippen molar-refractivity contribution in [2.45, 2.75) is 6.42 Å². The van der Waals surface area contributed by atoms with E-state index in [1.807, 2.05) is 60.7 Å². The number of nitrogens with one attached hydrogen (secondary N) is 3. The zero-order valence-corrected chi connectivity index (χ0v) is 23.1. The molecule has 6 rings (SSSR count). The molecule has 9 heteroatoms. The van der Waals surface area contributed by atoms with Gasteiger partial charge >= 0.3 is 0 Å². The molecule has 2 aliphatic rings. The van der Waals surface area contributed by atoms with Crippen LogP contribution in [0.25, 0.3) is 11.1 Å². The van der Waals surface area contributed by atoms with Crippen LogP contribution in [0.3, 0.4) is 0 Å². The van der Waals surface area contributed by atoms with E-state index in [1.165, 1.54) is 7.11 Å². The average Bonchev–Trinajstić information content (AvgIpc) is 3.16. The van der Waals surface area contributed by atoms with Crippen LogP contribution in [0.5, 0.6) is 5.75 Å². The van der Waals surface area contributed by atoms with Crippen molar-refractivity contribution in [1.82, 2.24) is 0 Å². The fourth-order valence-electron chi connectivity index (χ4n) is 5.20. The van der Waals surface area contributed by atoms with Crippen LogP contribution < -0.4 is 25.6 Å². The van der Waals surface area contributed by atoms with Gasteiger partial charge in [-0.2, -0.15) is 5.26 Å². The maximum Gasteiger partial charge on any atom is 0.257 e. The van der Waals surface area contributed by atoms with E-state index in [9.17, 15) is 14.9 Å². The minimum Gasteiger partial charge on any atom is -0.495 e. The molecule has 0 radical (unpaired) electrons. The molecule has 42 heavy (non-hydrogen) atoms. The lowest BCUT2D eigenvalue weighted by molar-refractivity contribution is -0.115. The number of ether oxygens (including phenoxy) is 2. The second-order valence-electron chi connectivity index (χ2n) is 10.1. The monoisotopic (exact) mass is 559 g/mol. The summed E-state index contributed by atoms with van der Waals surface area (Å²) in [5.74, 6) is 0.0949. The molecule has 4 aromatic carbocycles. The number of fused-ring (bicyclic) bond motifs is 2. The number of anilines is 5. The first-order valence-corrected chi connectivity index (χ1v) is 13.7. The van der Waals surface area contributed by atoms with Crippen LogP contribution in [0.2, 0.25) is 0 Å². The lowest BCUT2D eigenvalue weighted by Crippen LogP contribution is -2.36. The number of amides is 2. The minimum atomic E-state index is -0.248. The van der Waals surface area contributed by atoms with E-state index in [0.29, 0.717) is 28.3 Å². The second kappa shape index (κ2) is 11.6. The Balaban J connectivity index is 1.16. The SMILES string of the molecule is COc1cc(-c2ccc3c(c2)Nc2ccc(CC(=O)Nc4ccc(N5CCOCC5)cc4)cc2NC3=O)ccc1C#N. The van der Waals surface area contributed by atoms with Crippen molar-refractivity contribution >= 4 is 40.3 Å². The van der Waals surface area contributed by atoms with Crippen LogP contribution >= 0.6 is 0 Å². The third-order valence-electron chi connectivity index (χ3n) is 7.41. The summed E-state index contributed by atoms with van der Waals surface area (Å²) in [6.45, 7) is 3.15. The molecule has 2 aliphatic heterocycles. The standard InChI is InChI=1S/C33H29N5O4/c1-41-31-19-23(3-4-24(31)20-34)22-5-10-27-29(18-22)36-28-11-2-21(16-30(28)37-33(27)40)17-32(39)35-25-6-8-26(9-7-25)38-12-14-42-15-13-38/h2-11,16,18-19,36H,12-15,17H2,1H3,(H,35,39)(H,37,40). The minimum absolute atomic E-state index is 0.146. The summed E-state index contributed by atoms with van der Waals surface area (Å²) in [6.07, 6.45) is 0.159. The molecular weight excluding hydrogens is 530 g/mol. The normalized spacial score (nSPS) is 13.9. The van der Waals surface area contributed by atoms with Gasteiger partial charge in [0.15, 0.2) is 0 Å². The quantitative estimate of drug-likeness (QED) is 0.283.